The number of carbonyl (C=O) groups excluding carboxylic acids is 1. The molecule has 2 rings (SSSR count). The zero-order valence-electron chi connectivity index (χ0n) is 13.6. The number of likely N-dealkylation sites (tertiary alicyclic amines) is 1. The Kier molecular flexibility index (Phi) is 7.69. The van der Waals surface area contributed by atoms with Crippen molar-refractivity contribution in [3.63, 3.8) is 0 Å². The van der Waals surface area contributed by atoms with Crippen LogP contribution in [0.3, 0.4) is 0 Å². The topological polar surface area (TPSA) is 38.8 Å². The summed E-state index contributed by atoms with van der Waals surface area (Å²) in [5.41, 5.74) is 0.692. The van der Waals surface area contributed by atoms with Gasteiger partial charge in [-0.05, 0) is 44.1 Å². The van der Waals surface area contributed by atoms with Gasteiger partial charge in [0, 0.05) is 18.0 Å². The Bertz CT molecular complexity index is 487. The number of benzene rings is 1. The standard InChI is InChI=1S/C17H25NO3.ClH/c1-13(12-18-9-5-4-6-10-18)17(19)14-7-8-15(20-2)16(11-14)21-3;/h7-8,11,13H,4-6,9-10,12H2,1-3H3;1H. The summed E-state index contributed by atoms with van der Waals surface area (Å²) in [5.74, 6) is 1.42. The van der Waals surface area contributed by atoms with E-state index in [9.17, 15) is 4.79 Å². The predicted octanol–water partition coefficient (Wildman–Crippen LogP) is 3.43. The monoisotopic (exact) mass is 327 g/mol. The maximum absolute atomic E-state index is 12.6. The average molecular weight is 328 g/mol. The van der Waals surface area contributed by atoms with Crippen molar-refractivity contribution < 1.29 is 14.3 Å². The molecule has 1 heterocycles. The van der Waals surface area contributed by atoms with Gasteiger partial charge in [0.2, 0.25) is 0 Å². The molecule has 0 N–H and O–H groups in total. The van der Waals surface area contributed by atoms with Gasteiger partial charge in [-0.2, -0.15) is 0 Å². The zero-order chi connectivity index (χ0) is 15.2. The lowest BCUT2D eigenvalue weighted by Crippen LogP contribution is -2.35. The normalized spacial score (nSPS) is 16.5. The molecule has 1 aliphatic rings. The molecular weight excluding hydrogens is 302 g/mol. The average Bonchev–Trinajstić information content (AvgIpc) is 2.54. The van der Waals surface area contributed by atoms with Crippen LogP contribution in [0, 0.1) is 5.92 Å². The van der Waals surface area contributed by atoms with E-state index in [0.717, 1.165) is 19.6 Å². The Balaban J connectivity index is 0.00000242. The van der Waals surface area contributed by atoms with Crippen LogP contribution in [0.4, 0.5) is 0 Å². The molecule has 1 aromatic carbocycles. The van der Waals surface area contributed by atoms with Crippen LogP contribution >= 0.6 is 12.4 Å². The van der Waals surface area contributed by atoms with E-state index < -0.39 is 0 Å². The van der Waals surface area contributed by atoms with Gasteiger partial charge < -0.3 is 14.4 Å². The molecule has 0 spiro atoms. The van der Waals surface area contributed by atoms with Crippen LogP contribution in [0.5, 0.6) is 11.5 Å². The van der Waals surface area contributed by atoms with Gasteiger partial charge in [0.15, 0.2) is 17.3 Å². The van der Waals surface area contributed by atoms with Crippen molar-refractivity contribution in [1.29, 1.82) is 0 Å². The molecule has 5 heteroatoms. The number of ketones is 1. The molecule has 0 aliphatic carbocycles. The summed E-state index contributed by atoms with van der Waals surface area (Å²) < 4.78 is 10.5. The minimum atomic E-state index is 0. The van der Waals surface area contributed by atoms with Gasteiger partial charge in [0.25, 0.3) is 0 Å². The number of hydrogen-bond donors (Lipinski definition) is 0. The van der Waals surface area contributed by atoms with Crippen molar-refractivity contribution in [2.75, 3.05) is 33.9 Å². The second-order valence-corrected chi connectivity index (χ2v) is 5.70. The Morgan fingerprint density at radius 2 is 1.77 bits per heavy atom. The molecule has 4 nitrogen and oxygen atoms in total. The number of carbonyl (C=O) groups is 1. The second kappa shape index (κ2) is 9.01. The number of ether oxygens (including phenoxy) is 2. The predicted molar refractivity (Wildman–Crippen MR) is 90.6 cm³/mol. The van der Waals surface area contributed by atoms with Gasteiger partial charge in [0.1, 0.15) is 0 Å². The van der Waals surface area contributed by atoms with Crippen LogP contribution in [-0.2, 0) is 0 Å². The zero-order valence-corrected chi connectivity index (χ0v) is 14.4. The van der Waals surface area contributed by atoms with Crippen LogP contribution in [0.25, 0.3) is 0 Å². The first-order chi connectivity index (χ1) is 10.2. The van der Waals surface area contributed by atoms with Crippen LogP contribution in [0.15, 0.2) is 18.2 Å². The van der Waals surface area contributed by atoms with Gasteiger partial charge in [-0.1, -0.05) is 13.3 Å². The molecule has 1 fully saturated rings. The van der Waals surface area contributed by atoms with Crippen LogP contribution in [0.2, 0.25) is 0 Å². The van der Waals surface area contributed by atoms with Crippen molar-refractivity contribution in [3.05, 3.63) is 23.8 Å². The molecule has 124 valence electrons. The van der Waals surface area contributed by atoms with Crippen molar-refractivity contribution >= 4 is 18.2 Å². The first-order valence-corrected chi connectivity index (χ1v) is 7.64. The summed E-state index contributed by atoms with van der Waals surface area (Å²) in [5, 5.41) is 0. The van der Waals surface area contributed by atoms with E-state index in [1.807, 2.05) is 13.0 Å². The van der Waals surface area contributed by atoms with Crippen molar-refractivity contribution in [2.24, 2.45) is 5.92 Å². The summed E-state index contributed by atoms with van der Waals surface area (Å²) in [7, 11) is 3.18. The first kappa shape index (κ1) is 18.8. The van der Waals surface area contributed by atoms with Gasteiger partial charge in [0.05, 0.1) is 14.2 Å². The third kappa shape index (κ3) is 4.62. The van der Waals surface area contributed by atoms with Crippen LogP contribution in [-0.4, -0.2) is 44.5 Å². The summed E-state index contributed by atoms with van der Waals surface area (Å²) in [4.78, 5) is 15.0. The number of methoxy groups -OCH3 is 2. The van der Waals surface area contributed by atoms with Gasteiger partial charge >= 0.3 is 0 Å². The number of rotatable bonds is 6. The van der Waals surface area contributed by atoms with E-state index in [1.165, 1.54) is 19.3 Å². The maximum atomic E-state index is 12.6. The largest absolute Gasteiger partial charge is 0.493 e. The van der Waals surface area contributed by atoms with Gasteiger partial charge in [-0.3, -0.25) is 4.79 Å². The number of Topliss-reactive ketones (excluding diaryl/α,β-unsaturated/α-hetero) is 1. The smallest absolute Gasteiger partial charge is 0.167 e. The second-order valence-electron chi connectivity index (χ2n) is 5.70. The third-order valence-corrected chi connectivity index (χ3v) is 4.10. The highest BCUT2D eigenvalue weighted by Crippen LogP contribution is 2.28. The lowest BCUT2D eigenvalue weighted by atomic mass is 9.97. The molecule has 0 bridgehead atoms. The molecule has 1 aromatic rings. The number of piperidine rings is 1. The number of hydrogen-bond acceptors (Lipinski definition) is 4. The quantitative estimate of drug-likeness (QED) is 0.750. The van der Waals surface area contributed by atoms with E-state index in [-0.39, 0.29) is 24.1 Å². The molecule has 22 heavy (non-hydrogen) atoms. The molecule has 1 unspecified atom stereocenters. The van der Waals surface area contributed by atoms with Gasteiger partial charge in [-0.25, -0.2) is 0 Å². The van der Waals surface area contributed by atoms with E-state index >= 15 is 0 Å². The molecule has 1 saturated heterocycles. The molecular formula is C17H26ClNO3. The molecule has 0 aromatic heterocycles. The SMILES string of the molecule is COc1ccc(C(=O)C(C)CN2CCCCC2)cc1OC.Cl. The number of halogens is 1. The summed E-state index contributed by atoms with van der Waals surface area (Å²) in [6.45, 7) is 5.08. The fourth-order valence-corrected chi connectivity index (χ4v) is 2.89. The van der Waals surface area contributed by atoms with Crippen molar-refractivity contribution in [2.45, 2.75) is 26.2 Å². The van der Waals surface area contributed by atoms with Crippen molar-refractivity contribution in [3.8, 4) is 11.5 Å². The summed E-state index contributed by atoms with van der Waals surface area (Å²) in [6.07, 6.45) is 3.81. The lowest BCUT2D eigenvalue weighted by molar-refractivity contribution is 0.0883. The first-order valence-electron chi connectivity index (χ1n) is 7.64. The van der Waals surface area contributed by atoms with Gasteiger partial charge in [-0.15, -0.1) is 12.4 Å². The molecule has 1 atom stereocenters. The molecule has 1 aliphatic heterocycles. The molecule has 0 amide bonds. The minimum Gasteiger partial charge on any atom is -0.493 e. The van der Waals surface area contributed by atoms with Crippen LogP contribution in [0.1, 0.15) is 36.5 Å². The fourth-order valence-electron chi connectivity index (χ4n) is 2.89. The van der Waals surface area contributed by atoms with Crippen LogP contribution < -0.4 is 9.47 Å². The summed E-state index contributed by atoms with van der Waals surface area (Å²) >= 11 is 0. The Labute approximate surface area is 139 Å². The maximum Gasteiger partial charge on any atom is 0.167 e. The van der Waals surface area contributed by atoms with E-state index in [4.69, 9.17) is 9.47 Å². The highest BCUT2D eigenvalue weighted by molar-refractivity contribution is 5.98. The lowest BCUT2D eigenvalue weighted by Gasteiger charge is -2.28. The fraction of sp³-hybridized carbons (Fsp3) is 0.588. The summed E-state index contributed by atoms with van der Waals surface area (Å²) in [6, 6.07) is 5.38. The van der Waals surface area contributed by atoms with Crippen molar-refractivity contribution in [1.82, 2.24) is 4.90 Å². The van der Waals surface area contributed by atoms with E-state index in [1.54, 1.807) is 26.4 Å². The minimum absolute atomic E-state index is 0. The Morgan fingerprint density at radius 3 is 2.36 bits per heavy atom. The third-order valence-electron chi connectivity index (χ3n) is 4.10. The highest BCUT2D eigenvalue weighted by Gasteiger charge is 2.21. The van der Waals surface area contributed by atoms with E-state index in [2.05, 4.69) is 4.90 Å². The molecule has 0 saturated carbocycles. The Morgan fingerprint density at radius 1 is 1.14 bits per heavy atom. The molecule has 0 radical (unpaired) electrons. The number of nitrogens with zero attached hydrogens (tertiary/aromatic N) is 1. The highest BCUT2D eigenvalue weighted by atomic mass is 35.5. The Hall–Kier alpha value is -1.26. The van der Waals surface area contributed by atoms with E-state index in [0.29, 0.717) is 17.1 Å².